The molecule has 2 aliphatic heterocycles. The van der Waals surface area contributed by atoms with E-state index >= 15 is 0 Å². The molecule has 0 radical (unpaired) electrons. The average molecular weight is 304 g/mol. The maximum absolute atomic E-state index is 12.7. The lowest BCUT2D eigenvalue weighted by Crippen LogP contribution is -2.47. The van der Waals surface area contributed by atoms with Crippen molar-refractivity contribution in [3.8, 4) is 11.5 Å². The lowest BCUT2D eigenvalue weighted by Gasteiger charge is -2.33. The summed E-state index contributed by atoms with van der Waals surface area (Å²) in [6, 6.07) is 7.68. The number of amides is 1. The smallest absolute Gasteiger partial charge is 0.225 e. The van der Waals surface area contributed by atoms with Crippen LogP contribution in [-0.2, 0) is 4.79 Å². The van der Waals surface area contributed by atoms with Gasteiger partial charge in [0.2, 0.25) is 5.91 Å². The Labute approximate surface area is 131 Å². The van der Waals surface area contributed by atoms with E-state index in [2.05, 4.69) is 5.32 Å². The molecule has 3 rings (SSSR count). The van der Waals surface area contributed by atoms with E-state index in [0.29, 0.717) is 19.7 Å². The first-order valence-corrected chi connectivity index (χ1v) is 8.16. The van der Waals surface area contributed by atoms with Crippen molar-refractivity contribution in [2.45, 2.75) is 25.9 Å². The Morgan fingerprint density at radius 1 is 1.27 bits per heavy atom. The summed E-state index contributed by atoms with van der Waals surface area (Å²) in [5.41, 5.74) is 0. The van der Waals surface area contributed by atoms with Gasteiger partial charge in [0, 0.05) is 12.5 Å². The Balaban J connectivity index is 1.60. The number of ether oxygens (including phenoxy) is 2. The van der Waals surface area contributed by atoms with Crippen molar-refractivity contribution in [2.75, 3.05) is 32.8 Å². The Hall–Kier alpha value is -1.75. The summed E-state index contributed by atoms with van der Waals surface area (Å²) in [7, 11) is 0. The van der Waals surface area contributed by atoms with Gasteiger partial charge in [0.25, 0.3) is 0 Å². The van der Waals surface area contributed by atoms with E-state index in [-0.39, 0.29) is 17.9 Å². The zero-order valence-corrected chi connectivity index (χ0v) is 13.1. The molecule has 120 valence electrons. The maximum atomic E-state index is 12.7. The third kappa shape index (κ3) is 3.35. The highest BCUT2D eigenvalue weighted by Gasteiger charge is 2.29. The van der Waals surface area contributed by atoms with Gasteiger partial charge in [0.15, 0.2) is 17.6 Å². The SMILES string of the molecule is CCN(CC1COc2ccccc2O1)C(=O)C1CCNCC1. The normalized spacial score (nSPS) is 21.4. The predicted octanol–water partition coefficient (Wildman–Crippen LogP) is 1.67. The lowest BCUT2D eigenvalue weighted by molar-refractivity contribution is -0.137. The molecule has 0 bridgehead atoms. The minimum absolute atomic E-state index is 0.0967. The molecule has 0 aliphatic carbocycles. The van der Waals surface area contributed by atoms with Gasteiger partial charge in [-0.25, -0.2) is 0 Å². The second-order valence-electron chi connectivity index (χ2n) is 5.90. The Morgan fingerprint density at radius 2 is 2.00 bits per heavy atom. The topological polar surface area (TPSA) is 50.8 Å². The summed E-state index contributed by atoms with van der Waals surface area (Å²) in [6.45, 7) is 5.69. The highest BCUT2D eigenvalue weighted by Crippen LogP contribution is 2.31. The third-order valence-electron chi connectivity index (χ3n) is 4.37. The van der Waals surface area contributed by atoms with Crippen molar-refractivity contribution < 1.29 is 14.3 Å². The minimum Gasteiger partial charge on any atom is -0.486 e. The van der Waals surface area contributed by atoms with E-state index in [4.69, 9.17) is 9.47 Å². The van der Waals surface area contributed by atoms with Crippen LogP contribution < -0.4 is 14.8 Å². The van der Waals surface area contributed by atoms with Gasteiger partial charge in [0.05, 0.1) is 6.54 Å². The number of hydrogen-bond acceptors (Lipinski definition) is 4. The largest absolute Gasteiger partial charge is 0.486 e. The number of nitrogens with zero attached hydrogens (tertiary/aromatic N) is 1. The summed E-state index contributed by atoms with van der Waals surface area (Å²) in [4.78, 5) is 14.6. The molecule has 1 atom stereocenters. The van der Waals surface area contributed by atoms with E-state index in [9.17, 15) is 4.79 Å². The molecule has 1 amide bonds. The first kappa shape index (κ1) is 15.2. The summed E-state index contributed by atoms with van der Waals surface area (Å²) < 4.78 is 11.7. The molecule has 1 N–H and O–H groups in total. The Kier molecular flexibility index (Phi) is 4.83. The monoisotopic (exact) mass is 304 g/mol. The van der Waals surface area contributed by atoms with Gasteiger partial charge < -0.3 is 19.7 Å². The predicted molar refractivity (Wildman–Crippen MR) is 84.2 cm³/mol. The van der Waals surface area contributed by atoms with Crippen LogP contribution in [0.5, 0.6) is 11.5 Å². The standard InChI is InChI=1S/C17H24N2O3/c1-2-19(17(20)13-7-9-18-10-8-13)11-14-12-21-15-5-3-4-6-16(15)22-14/h3-6,13-14,18H,2,7-12H2,1H3. The van der Waals surface area contributed by atoms with Gasteiger partial charge >= 0.3 is 0 Å². The average Bonchev–Trinajstić information content (AvgIpc) is 2.59. The molecular weight excluding hydrogens is 280 g/mol. The molecule has 1 fully saturated rings. The number of hydrogen-bond donors (Lipinski definition) is 1. The molecular formula is C17H24N2O3. The third-order valence-corrected chi connectivity index (χ3v) is 4.37. The second-order valence-corrected chi connectivity index (χ2v) is 5.90. The van der Waals surface area contributed by atoms with Crippen molar-refractivity contribution in [1.29, 1.82) is 0 Å². The van der Waals surface area contributed by atoms with Crippen molar-refractivity contribution in [2.24, 2.45) is 5.92 Å². The van der Waals surface area contributed by atoms with Crippen LogP contribution in [0.1, 0.15) is 19.8 Å². The summed E-state index contributed by atoms with van der Waals surface area (Å²) >= 11 is 0. The van der Waals surface area contributed by atoms with Crippen molar-refractivity contribution in [3.63, 3.8) is 0 Å². The number of fused-ring (bicyclic) bond motifs is 1. The van der Waals surface area contributed by atoms with E-state index in [1.165, 1.54) is 0 Å². The first-order valence-electron chi connectivity index (χ1n) is 8.16. The Morgan fingerprint density at radius 3 is 2.73 bits per heavy atom. The molecule has 0 spiro atoms. The fourth-order valence-corrected chi connectivity index (χ4v) is 3.10. The van der Waals surface area contributed by atoms with Gasteiger partial charge in [0.1, 0.15) is 6.61 Å². The van der Waals surface area contributed by atoms with Crippen LogP contribution in [0.25, 0.3) is 0 Å². The highest BCUT2D eigenvalue weighted by molar-refractivity contribution is 5.79. The highest BCUT2D eigenvalue weighted by atomic mass is 16.6. The van der Waals surface area contributed by atoms with Crippen LogP contribution >= 0.6 is 0 Å². The van der Waals surface area contributed by atoms with Crippen molar-refractivity contribution >= 4 is 5.91 Å². The van der Waals surface area contributed by atoms with Gasteiger partial charge in [-0.3, -0.25) is 4.79 Å². The molecule has 1 unspecified atom stereocenters. The van der Waals surface area contributed by atoms with Crippen LogP contribution in [0.3, 0.4) is 0 Å². The quantitative estimate of drug-likeness (QED) is 0.919. The number of nitrogens with one attached hydrogen (secondary N) is 1. The van der Waals surface area contributed by atoms with Gasteiger partial charge in [-0.15, -0.1) is 0 Å². The van der Waals surface area contributed by atoms with Crippen molar-refractivity contribution in [1.82, 2.24) is 10.2 Å². The lowest BCUT2D eigenvalue weighted by atomic mass is 9.96. The zero-order valence-electron chi connectivity index (χ0n) is 13.1. The molecule has 5 heteroatoms. The van der Waals surface area contributed by atoms with Crippen LogP contribution in [0.15, 0.2) is 24.3 Å². The number of rotatable bonds is 4. The van der Waals surface area contributed by atoms with Gasteiger partial charge in [-0.1, -0.05) is 12.1 Å². The molecule has 2 heterocycles. The molecule has 1 aromatic rings. The van der Waals surface area contributed by atoms with E-state index in [0.717, 1.165) is 37.4 Å². The van der Waals surface area contributed by atoms with Crippen LogP contribution in [0.2, 0.25) is 0 Å². The van der Waals surface area contributed by atoms with Crippen LogP contribution in [0.4, 0.5) is 0 Å². The number of carbonyl (C=O) groups is 1. The molecule has 22 heavy (non-hydrogen) atoms. The summed E-state index contributed by atoms with van der Waals surface area (Å²) in [5, 5.41) is 3.30. The number of likely N-dealkylation sites (N-methyl/N-ethyl adjacent to an activating group) is 1. The van der Waals surface area contributed by atoms with Gasteiger partial charge in [-0.2, -0.15) is 0 Å². The minimum atomic E-state index is -0.0967. The molecule has 0 saturated carbocycles. The number of benzene rings is 1. The zero-order chi connectivity index (χ0) is 15.4. The first-order chi connectivity index (χ1) is 10.8. The van der Waals surface area contributed by atoms with Crippen molar-refractivity contribution in [3.05, 3.63) is 24.3 Å². The maximum Gasteiger partial charge on any atom is 0.225 e. The Bertz CT molecular complexity index is 514. The van der Waals surface area contributed by atoms with Gasteiger partial charge in [-0.05, 0) is 45.0 Å². The number of carbonyl (C=O) groups excluding carboxylic acids is 1. The summed E-state index contributed by atoms with van der Waals surface area (Å²) in [6.07, 6.45) is 1.76. The summed E-state index contributed by atoms with van der Waals surface area (Å²) in [5.74, 6) is 1.96. The molecule has 1 aromatic carbocycles. The number of piperidine rings is 1. The van der Waals surface area contributed by atoms with E-state index < -0.39 is 0 Å². The molecule has 5 nitrogen and oxygen atoms in total. The van der Waals surface area contributed by atoms with Crippen LogP contribution in [-0.4, -0.2) is 49.7 Å². The molecule has 2 aliphatic rings. The second kappa shape index (κ2) is 7.01. The fraction of sp³-hybridized carbons (Fsp3) is 0.588. The van der Waals surface area contributed by atoms with E-state index in [1.807, 2.05) is 36.1 Å². The number of para-hydroxylation sites is 2. The fourth-order valence-electron chi connectivity index (χ4n) is 3.10. The van der Waals surface area contributed by atoms with Crippen LogP contribution in [0, 0.1) is 5.92 Å². The van der Waals surface area contributed by atoms with E-state index in [1.54, 1.807) is 0 Å². The molecule has 0 aromatic heterocycles. The molecule has 1 saturated heterocycles.